The van der Waals surface area contributed by atoms with E-state index in [2.05, 4.69) is 136 Å². The van der Waals surface area contributed by atoms with E-state index in [0.717, 1.165) is 159 Å². The van der Waals surface area contributed by atoms with Gasteiger partial charge in [0.15, 0.2) is 5.60 Å². The van der Waals surface area contributed by atoms with E-state index in [1.165, 1.54) is 87.0 Å². The van der Waals surface area contributed by atoms with Crippen LogP contribution in [0.5, 0.6) is 5.75 Å². The summed E-state index contributed by atoms with van der Waals surface area (Å²) in [6.45, 7) is 24.9. The molecule has 10 bridgehead atoms. The molecule has 15 aliphatic rings. The summed E-state index contributed by atoms with van der Waals surface area (Å²) in [5.41, 5.74) is 10.9. The van der Waals surface area contributed by atoms with E-state index in [0.29, 0.717) is 79.6 Å². The minimum absolute atomic E-state index is 0. The van der Waals surface area contributed by atoms with Crippen molar-refractivity contribution in [1.29, 1.82) is 0 Å². The third-order valence-electron chi connectivity index (χ3n) is 32.2. The number of ether oxygens (including phenoxy) is 1. The Bertz CT molecular complexity index is 5520. The number of carboxylic acids is 2. The maximum atomic E-state index is 12.2. The van der Waals surface area contributed by atoms with Crippen LogP contribution in [0, 0.1) is 98.7 Å². The molecular formula is C115H144ClN5O10. The van der Waals surface area contributed by atoms with Gasteiger partial charge < -0.3 is 65.0 Å². The van der Waals surface area contributed by atoms with Crippen molar-refractivity contribution < 1.29 is 55.8 Å². The number of nitrogens with zero attached hydrogens (tertiary/aromatic N) is 5. The highest BCUT2D eigenvalue weighted by atomic mass is 35.5. The van der Waals surface area contributed by atoms with Crippen LogP contribution in [0.1, 0.15) is 181 Å². The number of carboxylic acid groups (broad SMARTS) is 2. The van der Waals surface area contributed by atoms with Crippen molar-refractivity contribution in [2.75, 3.05) is 105 Å². The number of piperidine rings is 15. The number of rotatable bonds is 23. The molecule has 696 valence electrons. The Morgan fingerprint density at radius 3 is 1.18 bits per heavy atom. The zero-order valence-corrected chi connectivity index (χ0v) is 78.2. The van der Waals surface area contributed by atoms with Gasteiger partial charge in [-0.3, -0.25) is 0 Å². The Hall–Kier alpha value is -9.61. The second kappa shape index (κ2) is 42.3. The molecule has 0 radical (unpaired) electrons. The molecular weight excluding hydrogens is 1650 g/mol. The maximum Gasteiger partial charge on any atom is 0.337 e. The second-order valence-corrected chi connectivity index (χ2v) is 40.1. The Balaban J connectivity index is 0.000000151. The summed E-state index contributed by atoms with van der Waals surface area (Å²) in [5.74, 6) is 9.49. The molecule has 15 saturated heterocycles. The molecule has 0 amide bonds. The number of benzene rings is 10. The lowest BCUT2D eigenvalue weighted by molar-refractivity contribution is -0.106. The van der Waals surface area contributed by atoms with Crippen LogP contribution in [0.25, 0.3) is 0 Å². The Morgan fingerprint density at radius 2 is 0.779 bits per heavy atom. The third kappa shape index (κ3) is 21.6. The van der Waals surface area contributed by atoms with Crippen molar-refractivity contribution in [1.82, 2.24) is 24.5 Å². The van der Waals surface area contributed by atoms with E-state index in [1.54, 1.807) is 31.4 Å². The Kier molecular flexibility index (Phi) is 30.5. The van der Waals surface area contributed by atoms with Crippen LogP contribution in [0.15, 0.2) is 255 Å². The highest BCUT2D eigenvalue weighted by Gasteiger charge is 2.53. The summed E-state index contributed by atoms with van der Waals surface area (Å²) in [6, 6.07) is 83.8. The average molecular weight is 1790 g/mol. The van der Waals surface area contributed by atoms with Gasteiger partial charge in [-0.25, -0.2) is 9.59 Å². The monoisotopic (exact) mass is 1790 g/mol. The smallest absolute Gasteiger partial charge is 0.337 e. The van der Waals surface area contributed by atoms with E-state index in [1.807, 2.05) is 159 Å². The molecule has 15 nitrogen and oxygen atoms in total. The molecule has 10 aromatic carbocycles. The molecule has 7 N–H and O–H groups in total. The summed E-state index contributed by atoms with van der Waals surface area (Å²) in [6.07, 6.45) is 15.6. The van der Waals surface area contributed by atoms with Gasteiger partial charge in [0, 0.05) is 86.4 Å². The van der Waals surface area contributed by atoms with Gasteiger partial charge in [-0.05, 0) is 333 Å². The standard InChI is InChI=1S/C24H29NO3.C23H26ClNO3.C23H29NO2.C23H29NO.C22H23NO.4H2/c1-17-7-8-20(23(26)27)15-19(17)9-12-24(28,21-5-3-2-4-6-21)22-16-25-13-10-18(22)11-14-25;24-21-7-6-16(14-19(21)22(26)27)8-11-23(28,18-4-2-1-3-5-18)20-15-25-12-9-17(20)10-13-25;1-17-14-20(26-2)8-9-21(17)23(25,15-18-6-4-3-5-7-18)22-16-24-12-10-19(22)11-13-24;1-17-7-6-10-21(18(17)2)23(25,15-19-8-4-3-5-9-19)22-16-24-13-11-20(22)12-14-24;24-22(20-9-5-2-6-10-20,14-11-18-7-3-1-4-8-18)21-17-23-15-12-19(21)13-16-23;;;;/h2-8,15,18,22,28H,9-14,16H2,1H3,(H,26,27);1-7,14,17,20,28H,8-13,15H2,(H,26,27);3-9,14,19,22,25H,10-13,15-16H2,1-2H3;3-10,20,22,25H,11-16H2,1-2H3;1-10,19,21,24H,12-13,15-17H2;4*1H. The summed E-state index contributed by atoms with van der Waals surface area (Å²) in [5, 5.41) is 78.9. The molecule has 15 aliphatic heterocycles. The van der Waals surface area contributed by atoms with E-state index >= 15 is 0 Å². The third-order valence-corrected chi connectivity index (χ3v) is 32.6. The number of aryl methyl sites for hydroxylation is 5. The van der Waals surface area contributed by atoms with Crippen LogP contribution in [-0.2, 0) is 53.7 Å². The summed E-state index contributed by atoms with van der Waals surface area (Å²) in [7, 11) is 1.69. The largest absolute Gasteiger partial charge is 0.497 e. The van der Waals surface area contributed by atoms with Crippen LogP contribution in [0.4, 0.5) is 0 Å². The van der Waals surface area contributed by atoms with Gasteiger partial charge in [0.05, 0.1) is 45.7 Å². The van der Waals surface area contributed by atoms with Gasteiger partial charge in [-0.15, -0.1) is 0 Å². The average Bonchev–Trinajstić information content (AvgIpc) is 0.753. The molecule has 0 aliphatic carbocycles. The summed E-state index contributed by atoms with van der Waals surface area (Å²) in [4.78, 5) is 35.2. The molecule has 0 spiro atoms. The van der Waals surface area contributed by atoms with E-state index < -0.39 is 39.9 Å². The van der Waals surface area contributed by atoms with Crippen molar-refractivity contribution in [3.63, 3.8) is 0 Å². The number of hydrogen-bond acceptors (Lipinski definition) is 13. The molecule has 15 heterocycles. The van der Waals surface area contributed by atoms with Gasteiger partial charge in [-0.2, -0.15) is 0 Å². The highest BCUT2D eigenvalue weighted by Crippen LogP contribution is 2.52. The van der Waals surface area contributed by atoms with Crippen molar-refractivity contribution in [3.8, 4) is 17.6 Å². The quantitative estimate of drug-likeness (QED) is 0.0298. The van der Waals surface area contributed by atoms with Gasteiger partial charge in [0.2, 0.25) is 0 Å². The number of methoxy groups -OCH3 is 1. The first kappa shape index (κ1) is 94.6. The molecule has 15 fully saturated rings. The predicted molar refractivity (Wildman–Crippen MR) is 531 cm³/mol. The van der Waals surface area contributed by atoms with E-state index in [4.69, 9.17) is 16.3 Å². The normalized spacial score (nSPS) is 26.9. The lowest BCUT2D eigenvalue weighted by atomic mass is 9.65. The lowest BCUT2D eigenvalue weighted by Gasteiger charge is -2.51. The first-order valence-corrected chi connectivity index (χ1v) is 48.9. The Labute approximate surface area is 788 Å². The van der Waals surface area contributed by atoms with Crippen molar-refractivity contribution >= 4 is 23.5 Å². The lowest BCUT2D eigenvalue weighted by Crippen LogP contribution is -2.56. The van der Waals surface area contributed by atoms with Crippen molar-refractivity contribution in [2.45, 2.75) is 158 Å². The van der Waals surface area contributed by atoms with E-state index in [9.17, 15) is 45.3 Å². The van der Waals surface area contributed by atoms with Crippen molar-refractivity contribution in [3.05, 3.63) is 349 Å². The fourth-order valence-corrected chi connectivity index (χ4v) is 24.7. The molecule has 0 aromatic heterocycles. The van der Waals surface area contributed by atoms with E-state index in [-0.39, 0.29) is 40.0 Å². The molecule has 25 rings (SSSR count). The molecule has 16 heteroatoms. The van der Waals surface area contributed by atoms with Gasteiger partial charge in [0.25, 0.3) is 0 Å². The van der Waals surface area contributed by atoms with Crippen LogP contribution >= 0.6 is 11.6 Å². The molecule has 10 atom stereocenters. The first-order chi connectivity index (χ1) is 63.4. The topological polar surface area (TPSA) is 201 Å². The summed E-state index contributed by atoms with van der Waals surface area (Å²) < 4.78 is 5.39. The minimum Gasteiger partial charge on any atom is -0.497 e. The molecule has 10 unspecified atom stereocenters. The fraction of sp³-hybridized carbons (Fsp3) is 0.443. The number of halogens is 1. The zero-order chi connectivity index (χ0) is 91.4. The van der Waals surface area contributed by atoms with Crippen LogP contribution < -0.4 is 4.74 Å². The first-order valence-electron chi connectivity index (χ1n) is 48.5. The van der Waals surface area contributed by atoms with Gasteiger partial charge in [0.1, 0.15) is 5.75 Å². The Morgan fingerprint density at radius 1 is 0.382 bits per heavy atom. The highest BCUT2D eigenvalue weighted by molar-refractivity contribution is 6.33. The van der Waals surface area contributed by atoms with Crippen LogP contribution in [-0.4, -0.2) is 177 Å². The minimum atomic E-state index is -1.08. The second-order valence-electron chi connectivity index (χ2n) is 39.7. The van der Waals surface area contributed by atoms with Crippen LogP contribution in [0.2, 0.25) is 5.02 Å². The zero-order valence-electron chi connectivity index (χ0n) is 77.4. The van der Waals surface area contributed by atoms with Crippen molar-refractivity contribution in [2.24, 2.45) is 59.2 Å². The molecule has 10 aromatic rings. The molecule has 0 saturated carbocycles. The SMILES string of the molecule is COc1ccc(C(O)(Cc2ccccc2)C2CN3CCC2CC3)c(C)c1.Cc1ccc(C(=O)O)cc1CCC(O)(c1ccccc1)C1CN2CCC1CC2.Cc1cccc(C(O)(Cc2ccccc2)C2CN3CCC2CC3)c1C.O=C(O)c1cc(CCC(O)(c2ccccc2)C2CN3CCC2CC3)ccc1Cl.OC(C#Cc1ccccc1)(c1ccccc1)C1CN2CCC1CC2.[HH].[HH].[HH].[HH]. The number of carbonyl (C=O) groups is 2. The maximum absolute atomic E-state index is 12.2. The predicted octanol–water partition coefficient (Wildman–Crippen LogP) is 20.2. The number of aromatic carboxylic acids is 2. The fourth-order valence-electron chi connectivity index (χ4n) is 24.5. The molecule has 131 heavy (non-hydrogen) atoms. The van der Waals surface area contributed by atoms with Crippen LogP contribution in [0.3, 0.4) is 0 Å². The summed E-state index contributed by atoms with van der Waals surface area (Å²) >= 11 is 6.01. The van der Waals surface area contributed by atoms with Gasteiger partial charge in [-0.1, -0.05) is 230 Å². The number of fused-ring (bicyclic) bond motifs is 15. The number of hydrogen-bond donors (Lipinski definition) is 7. The van der Waals surface area contributed by atoms with Gasteiger partial charge >= 0.3 is 11.9 Å². The number of aliphatic hydroxyl groups is 5.